The maximum absolute atomic E-state index is 12.4. The minimum absolute atomic E-state index is 0.138. The van der Waals surface area contributed by atoms with Crippen LogP contribution in [0.3, 0.4) is 0 Å². The van der Waals surface area contributed by atoms with E-state index in [0.29, 0.717) is 34.8 Å². The molecule has 3 rings (SSSR count). The lowest BCUT2D eigenvalue weighted by molar-refractivity contribution is -0.113. The highest BCUT2D eigenvalue weighted by molar-refractivity contribution is 7.99. The van der Waals surface area contributed by atoms with Crippen molar-refractivity contribution in [1.29, 1.82) is 0 Å². The van der Waals surface area contributed by atoms with Gasteiger partial charge in [-0.25, -0.2) is 0 Å². The Morgan fingerprint density at radius 1 is 1.27 bits per heavy atom. The number of carbonyl (C=O) groups excluding carboxylic acids is 1. The molecule has 0 saturated heterocycles. The minimum atomic E-state index is -0.138. The van der Waals surface area contributed by atoms with Crippen LogP contribution < -0.4 is 10.1 Å². The summed E-state index contributed by atoms with van der Waals surface area (Å²) in [6.45, 7) is 8.84. The van der Waals surface area contributed by atoms with Gasteiger partial charge in [0, 0.05) is 22.8 Å². The van der Waals surface area contributed by atoms with Crippen LogP contribution in [0.4, 0.5) is 5.69 Å². The van der Waals surface area contributed by atoms with Crippen LogP contribution in [0.1, 0.15) is 12.5 Å². The standard InChI is InChI=1S/C22H23ClN4O2S/c1-4-12-27-21(16-7-10-18(11-8-16)29-5-2)25-26-22(27)30-14-20(28)24-19-13-17(23)9-6-15(19)3/h4,6-11,13H,1,5,12,14H2,2-3H3,(H,24,28). The molecule has 156 valence electrons. The van der Waals surface area contributed by atoms with E-state index < -0.39 is 0 Å². The molecule has 6 nitrogen and oxygen atoms in total. The molecule has 3 aromatic rings. The number of hydrogen-bond donors (Lipinski definition) is 1. The number of nitrogens with one attached hydrogen (secondary N) is 1. The molecule has 0 aliphatic carbocycles. The first-order valence-corrected chi connectivity index (χ1v) is 10.8. The van der Waals surface area contributed by atoms with E-state index in [2.05, 4.69) is 22.1 Å². The summed E-state index contributed by atoms with van der Waals surface area (Å²) < 4.78 is 7.43. The van der Waals surface area contributed by atoms with E-state index in [0.717, 1.165) is 16.9 Å². The normalized spacial score (nSPS) is 10.6. The average Bonchev–Trinajstić information content (AvgIpc) is 3.13. The van der Waals surface area contributed by atoms with Crippen LogP contribution in [-0.4, -0.2) is 33.0 Å². The summed E-state index contributed by atoms with van der Waals surface area (Å²) in [7, 11) is 0. The van der Waals surface area contributed by atoms with Crippen molar-refractivity contribution < 1.29 is 9.53 Å². The SMILES string of the molecule is C=CCn1c(SCC(=O)Nc2cc(Cl)ccc2C)nnc1-c1ccc(OCC)cc1. The largest absolute Gasteiger partial charge is 0.494 e. The molecule has 30 heavy (non-hydrogen) atoms. The molecule has 2 aromatic carbocycles. The van der Waals surface area contributed by atoms with Gasteiger partial charge in [0.2, 0.25) is 5.91 Å². The number of anilines is 1. The molecule has 8 heteroatoms. The number of halogens is 1. The second-order valence-electron chi connectivity index (χ2n) is 6.46. The Morgan fingerprint density at radius 3 is 2.73 bits per heavy atom. The number of rotatable bonds is 9. The van der Waals surface area contributed by atoms with E-state index in [-0.39, 0.29) is 11.7 Å². The summed E-state index contributed by atoms with van der Waals surface area (Å²) in [5.41, 5.74) is 2.57. The Balaban J connectivity index is 1.72. The summed E-state index contributed by atoms with van der Waals surface area (Å²) in [5.74, 6) is 1.58. The summed E-state index contributed by atoms with van der Waals surface area (Å²) in [4.78, 5) is 12.4. The number of benzene rings is 2. The van der Waals surface area contributed by atoms with E-state index in [1.165, 1.54) is 11.8 Å². The van der Waals surface area contributed by atoms with E-state index in [1.54, 1.807) is 18.2 Å². The van der Waals surface area contributed by atoms with E-state index in [9.17, 15) is 4.79 Å². The number of thioether (sulfide) groups is 1. The van der Waals surface area contributed by atoms with Crippen molar-refractivity contribution in [3.8, 4) is 17.1 Å². The van der Waals surface area contributed by atoms with Crippen molar-refractivity contribution in [1.82, 2.24) is 14.8 Å². The Hall–Kier alpha value is -2.77. The molecular formula is C22H23ClN4O2S. The maximum Gasteiger partial charge on any atom is 0.234 e. The fraction of sp³-hybridized carbons (Fsp3) is 0.227. The van der Waals surface area contributed by atoms with E-state index >= 15 is 0 Å². The van der Waals surface area contributed by atoms with Crippen LogP contribution in [0.15, 0.2) is 60.3 Å². The number of amides is 1. The van der Waals surface area contributed by atoms with Gasteiger partial charge in [-0.1, -0.05) is 35.5 Å². The van der Waals surface area contributed by atoms with E-state index in [1.807, 2.05) is 48.7 Å². The van der Waals surface area contributed by atoms with Crippen molar-refractivity contribution in [2.75, 3.05) is 17.7 Å². The van der Waals surface area contributed by atoms with Gasteiger partial charge in [0.15, 0.2) is 11.0 Å². The lowest BCUT2D eigenvalue weighted by atomic mass is 10.2. The Labute approximate surface area is 185 Å². The van der Waals surface area contributed by atoms with Gasteiger partial charge in [-0.05, 0) is 55.8 Å². The van der Waals surface area contributed by atoms with Crippen molar-refractivity contribution in [3.05, 3.63) is 65.7 Å². The Morgan fingerprint density at radius 2 is 2.03 bits per heavy atom. The van der Waals surface area contributed by atoms with Crippen molar-refractivity contribution >= 4 is 35.0 Å². The highest BCUT2D eigenvalue weighted by Gasteiger charge is 2.15. The van der Waals surface area contributed by atoms with Gasteiger partial charge in [-0.2, -0.15) is 0 Å². The highest BCUT2D eigenvalue weighted by Crippen LogP contribution is 2.26. The molecule has 0 bridgehead atoms. The predicted molar refractivity (Wildman–Crippen MR) is 122 cm³/mol. The summed E-state index contributed by atoms with van der Waals surface area (Å²) in [5, 5.41) is 12.7. The molecule has 0 aliphatic heterocycles. The van der Waals surface area contributed by atoms with Crippen LogP contribution >= 0.6 is 23.4 Å². The number of ether oxygens (including phenoxy) is 1. The number of aryl methyl sites for hydroxylation is 1. The number of hydrogen-bond acceptors (Lipinski definition) is 5. The zero-order valence-electron chi connectivity index (χ0n) is 16.9. The molecule has 0 atom stereocenters. The third kappa shape index (κ3) is 5.43. The summed E-state index contributed by atoms with van der Waals surface area (Å²) >= 11 is 7.34. The van der Waals surface area contributed by atoms with Gasteiger partial charge in [0.25, 0.3) is 0 Å². The second-order valence-corrected chi connectivity index (χ2v) is 7.84. The van der Waals surface area contributed by atoms with Gasteiger partial charge in [-0.3, -0.25) is 9.36 Å². The molecular weight excluding hydrogens is 420 g/mol. The smallest absolute Gasteiger partial charge is 0.234 e. The van der Waals surface area contributed by atoms with Crippen LogP contribution in [0.25, 0.3) is 11.4 Å². The van der Waals surface area contributed by atoms with Gasteiger partial charge in [-0.15, -0.1) is 16.8 Å². The minimum Gasteiger partial charge on any atom is -0.494 e. The summed E-state index contributed by atoms with van der Waals surface area (Å²) in [6.07, 6.45) is 1.78. The van der Waals surface area contributed by atoms with Crippen molar-refractivity contribution in [2.45, 2.75) is 25.5 Å². The van der Waals surface area contributed by atoms with Crippen molar-refractivity contribution in [2.24, 2.45) is 0 Å². The van der Waals surface area contributed by atoms with Crippen LogP contribution in [-0.2, 0) is 11.3 Å². The molecule has 1 N–H and O–H groups in total. The van der Waals surface area contributed by atoms with Gasteiger partial charge < -0.3 is 10.1 Å². The fourth-order valence-electron chi connectivity index (χ4n) is 2.81. The number of allylic oxidation sites excluding steroid dienone is 1. The molecule has 0 saturated carbocycles. The predicted octanol–water partition coefficient (Wildman–Crippen LogP) is 5.22. The first kappa shape index (κ1) is 21.9. The first-order chi connectivity index (χ1) is 14.5. The zero-order chi connectivity index (χ0) is 21.5. The monoisotopic (exact) mass is 442 g/mol. The molecule has 0 unspecified atom stereocenters. The molecule has 1 heterocycles. The maximum atomic E-state index is 12.4. The van der Waals surface area contributed by atoms with Crippen LogP contribution in [0, 0.1) is 6.92 Å². The van der Waals surface area contributed by atoms with Gasteiger partial charge in [0.05, 0.1) is 12.4 Å². The van der Waals surface area contributed by atoms with E-state index in [4.69, 9.17) is 16.3 Å². The van der Waals surface area contributed by atoms with Gasteiger partial charge >= 0.3 is 0 Å². The fourth-order valence-corrected chi connectivity index (χ4v) is 3.73. The highest BCUT2D eigenvalue weighted by atomic mass is 35.5. The second kappa shape index (κ2) is 10.3. The van der Waals surface area contributed by atoms with Crippen LogP contribution in [0.5, 0.6) is 5.75 Å². The quantitative estimate of drug-likeness (QED) is 0.363. The van der Waals surface area contributed by atoms with Crippen molar-refractivity contribution in [3.63, 3.8) is 0 Å². The van der Waals surface area contributed by atoms with Gasteiger partial charge in [0.1, 0.15) is 5.75 Å². The average molecular weight is 443 g/mol. The zero-order valence-corrected chi connectivity index (χ0v) is 18.5. The molecule has 0 fully saturated rings. The summed E-state index contributed by atoms with van der Waals surface area (Å²) in [6, 6.07) is 13.1. The third-order valence-corrected chi connectivity index (χ3v) is 5.46. The lowest BCUT2D eigenvalue weighted by Gasteiger charge is -2.10. The number of nitrogens with zero attached hydrogens (tertiary/aromatic N) is 3. The Bertz CT molecular complexity index is 1030. The lowest BCUT2D eigenvalue weighted by Crippen LogP contribution is -2.15. The number of aromatic nitrogens is 3. The molecule has 0 spiro atoms. The molecule has 1 amide bonds. The molecule has 1 aromatic heterocycles. The third-order valence-electron chi connectivity index (χ3n) is 4.26. The Kier molecular flexibility index (Phi) is 7.54. The molecule has 0 radical (unpaired) electrons. The molecule has 0 aliphatic rings. The number of carbonyl (C=O) groups is 1. The van der Waals surface area contributed by atoms with Crippen LogP contribution in [0.2, 0.25) is 5.02 Å². The topological polar surface area (TPSA) is 69.0 Å². The first-order valence-electron chi connectivity index (χ1n) is 9.48.